The minimum absolute atomic E-state index is 0.164. The predicted octanol–water partition coefficient (Wildman–Crippen LogP) is 3.06. The summed E-state index contributed by atoms with van der Waals surface area (Å²) in [6.45, 7) is 3.61. The van der Waals surface area contributed by atoms with Crippen molar-refractivity contribution in [3.63, 3.8) is 0 Å². The Bertz CT molecular complexity index is 504. The molecule has 0 radical (unpaired) electrons. The Morgan fingerprint density at radius 1 is 1.12 bits per heavy atom. The number of nitrogens with one attached hydrogen (secondary N) is 1. The van der Waals surface area contributed by atoms with Crippen molar-refractivity contribution in [2.24, 2.45) is 0 Å². The third-order valence-electron chi connectivity index (χ3n) is 4.70. The molecule has 5 heteroatoms. The summed E-state index contributed by atoms with van der Waals surface area (Å²) in [6.07, 6.45) is 7.16. The van der Waals surface area contributed by atoms with Gasteiger partial charge in [-0.1, -0.05) is 19.3 Å². The van der Waals surface area contributed by atoms with E-state index < -0.39 is 0 Å². The number of amides is 1. The van der Waals surface area contributed by atoms with E-state index in [4.69, 9.17) is 9.47 Å². The van der Waals surface area contributed by atoms with Crippen molar-refractivity contribution in [3.05, 3.63) is 24.3 Å². The van der Waals surface area contributed by atoms with Gasteiger partial charge in [0.2, 0.25) is 5.91 Å². The summed E-state index contributed by atoms with van der Waals surface area (Å²) in [5.74, 6) is 1.05. The molecule has 0 aliphatic carbocycles. The van der Waals surface area contributed by atoms with Crippen molar-refractivity contribution in [2.75, 3.05) is 38.2 Å². The Morgan fingerprint density at radius 2 is 1.83 bits per heavy atom. The molecule has 1 aromatic carbocycles. The van der Waals surface area contributed by atoms with Gasteiger partial charge in [-0.15, -0.1) is 0 Å². The van der Waals surface area contributed by atoms with Crippen LogP contribution in [0.4, 0.5) is 5.69 Å². The first-order valence-electron chi connectivity index (χ1n) is 9.17. The Morgan fingerprint density at radius 3 is 2.50 bits per heavy atom. The normalized spacial score (nSPS) is 21.8. The highest BCUT2D eigenvalue weighted by molar-refractivity contribution is 5.80. The molecule has 1 aromatic rings. The second-order valence-electron chi connectivity index (χ2n) is 6.63. The Hall–Kier alpha value is -1.75. The van der Waals surface area contributed by atoms with Crippen molar-refractivity contribution >= 4 is 11.6 Å². The largest absolute Gasteiger partial charge is 0.488 e. The first-order valence-corrected chi connectivity index (χ1v) is 9.17. The van der Waals surface area contributed by atoms with Crippen LogP contribution in [0, 0.1) is 0 Å². The maximum Gasteiger partial charge on any atom is 0.241 e. The Labute approximate surface area is 144 Å². The lowest BCUT2D eigenvalue weighted by atomic mass is 10.1. The smallest absolute Gasteiger partial charge is 0.241 e. The van der Waals surface area contributed by atoms with Crippen molar-refractivity contribution in [2.45, 2.75) is 44.6 Å². The molecule has 5 nitrogen and oxygen atoms in total. The van der Waals surface area contributed by atoms with Gasteiger partial charge in [0.15, 0.2) is 0 Å². The highest BCUT2D eigenvalue weighted by Gasteiger charge is 2.17. The summed E-state index contributed by atoms with van der Waals surface area (Å²) < 4.78 is 11.2. The fourth-order valence-electron chi connectivity index (χ4n) is 3.24. The predicted molar refractivity (Wildman–Crippen MR) is 94.4 cm³/mol. The lowest BCUT2D eigenvalue weighted by Gasteiger charge is -2.25. The average Bonchev–Trinajstić information content (AvgIpc) is 3.07. The zero-order valence-corrected chi connectivity index (χ0v) is 14.3. The molecule has 2 aliphatic rings. The number of likely N-dealkylation sites (tertiary alicyclic amines) is 1. The highest BCUT2D eigenvalue weighted by Crippen LogP contribution is 2.19. The molecule has 0 spiro atoms. The van der Waals surface area contributed by atoms with Crippen LogP contribution in [0.2, 0.25) is 0 Å². The van der Waals surface area contributed by atoms with E-state index in [1.807, 2.05) is 29.2 Å². The van der Waals surface area contributed by atoms with E-state index in [1.165, 1.54) is 19.3 Å². The molecule has 0 unspecified atom stereocenters. The van der Waals surface area contributed by atoms with E-state index in [0.29, 0.717) is 13.2 Å². The summed E-state index contributed by atoms with van der Waals surface area (Å²) in [5.41, 5.74) is 0.949. The number of nitrogens with zero attached hydrogens (tertiary/aromatic N) is 1. The van der Waals surface area contributed by atoms with Gasteiger partial charge in [-0.2, -0.15) is 0 Å². The van der Waals surface area contributed by atoms with Crippen LogP contribution < -0.4 is 10.1 Å². The van der Waals surface area contributed by atoms with Gasteiger partial charge in [-0.3, -0.25) is 4.79 Å². The molecular weight excluding hydrogens is 304 g/mol. The van der Waals surface area contributed by atoms with Crippen LogP contribution in [0.1, 0.15) is 38.5 Å². The van der Waals surface area contributed by atoms with E-state index >= 15 is 0 Å². The zero-order chi connectivity index (χ0) is 16.6. The zero-order valence-electron chi connectivity index (χ0n) is 14.3. The third kappa shape index (κ3) is 5.13. The SMILES string of the molecule is O=C(CNc1ccc(O[C@H]2CCOC2)cc1)N1CCCCCCC1. The van der Waals surface area contributed by atoms with Crippen molar-refractivity contribution < 1.29 is 14.3 Å². The van der Waals surface area contributed by atoms with Gasteiger partial charge in [0.25, 0.3) is 0 Å². The summed E-state index contributed by atoms with van der Waals surface area (Å²) in [5, 5.41) is 3.23. The minimum atomic E-state index is 0.164. The van der Waals surface area contributed by atoms with Gasteiger partial charge in [0, 0.05) is 25.2 Å². The number of anilines is 1. The number of carbonyl (C=O) groups is 1. The fourth-order valence-corrected chi connectivity index (χ4v) is 3.24. The Kier molecular flexibility index (Phi) is 6.35. The van der Waals surface area contributed by atoms with E-state index in [2.05, 4.69) is 5.32 Å². The van der Waals surface area contributed by atoms with E-state index in [-0.39, 0.29) is 12.0 Å². The monoisotopic (exact) mass is 332 g/mol. The van der Waals surface area contributed by atoms with Crippen LogP contribution in [0.15, 0.2) is 24.3 Å². The fraction of sp³-hybridized carbons (Fsp3) is 0.632. The van der Waals surface area contributed by atoms with Gasteiger partial charge < -0.3 is 19.7 Å². The van der Waals surface area contributed by atoms with E-state index in [1.54, 1.807) is 0 Å². The molecule has 0 aromatic heterocycles. The maximum absolute atomic E-state index is 12.4. The molecular formula is C19H28N2O3. The maximum atomic E-state index is 12.4. The summed E-state index contributed by atoms with van der Waals surface area (Å²) >= 11 is 0. The molecule has 3 rings (SSSR count). The first kappa shape index (κ1) is 17.1. The molecule has 0 saturated carbocycles. The number of ether oxygens (including phenoxy) is 2. The molecule has 2 saturated heterocycles. The average molecular weight is 332 g/mol. The topological polar surface area (TPSA) is 50.8 Å². The van der Waals surface area contributed by atoms with Crippen LogP contribution in [0.3, 0.4) is 0 Å². The van der Waals surface area contributed by atoms with Gasteiger partial charge in [-0.05, 0) is 37.1 Å². The van der Waals surface area contributed by atoms with Crippen LogP contribution in [-0.2, 0) is 9.53 Å². The third-order valence-corrected chi connectivity index (χ3v) is 4.70. The molecule has 24 heavy (non-hydrogen) atoms. The number of carbonyl (C=O) groups excluding carboxylic acids is 1. The van der Waals surface area contributed by atoms with Crippen LogP contribution in [-0.4, -0.2) is 49.8 Å². The molecule has 2 aliphatic heterocycles. The number of rotatable bonds is 5. The molecule has 1 amide bonds. The standard InChI is InChI=1S/C19H28N2O3/c22-19(21-11-4-2-1-3-5-12-21)14-20-16-6-8-17(9-7-16)24-18-10-13-23-15-18/h6-9,18,20H,1-5,10-15H2/t18-/m0/s1. The minimum Gasteiger partial charge on any atom is -0.488 e. The van der Waals surface area contributed by atoms with Gasteiger partial charge in [-0.25, -0.2) is 0 Å². The quantitative estimate of drug-likeness (QED) is 0.900. The number of benzene rings is 1. The second-order valence-corrected chi connectivity index (χ2v) is 6.63. The highest BCUT2D eigenvalue weighted by atomic mass is 16.5. The molecule has 2 heterocycles. The van der Waals surface area contributed by atoms with E-state index in [9.17, 15) is 4.79 Å². The van der Waals surface area contributed by atoms with Crippen molar-refractivity contribution in [1.29, 1.82) is 0 Å². The summed E-state index contributed by atoms with van der Waals surface area (Å²) in [4.78, 5) is 14.4. The first-order chi connectivity index (χ1) is 11.8. The summed E-state index contributed by atoms with van der Waals surface area (Å²) in [7, 11) is 0. The van der Waals surface area contributed by atoms with Crippen LogP contribution in [0.25, 0.3) is 0 Å². The van der Waals surface area contributed by atoms with Gasteiger partial charge in [0.1, 0.15) is 11.9 Å². The van der Waals surface area contributed by atoms with Gasteiger partial charge in [0.05, 0.1) is 19.8 Å². The van der Waals surface area contributed by atoms with Crippen molar-refractivity contribution in [1.82, 2.24) is 4.90 Å². The lowest BCUT2D eigenvalue weighted by molar-refractivity contribution is -0.129. The summed E-state index contributed by atoms with van der Waals surface area (Å²) in [6, 6.07) is 7.82. The molecule has 2 fully saturated rings. The lowest BCUT2D eigenvalue weighted by Crippen LogP contribution is -2.37. The van der Waals surface area contributed by atoms with Crippen LogP contribution in [0.5, 0.6) is 5.75 Å². The second kappa shape index (κ2) is 8.92. The number of hydrogen-bond acceptors (Lipinski definition) is 4. The van der Waals surface area contributed by atoms with E-state index in [0.717, 1.165) is 50.4 Å². The molecule has 1 atom stereocenters. The van der Waals surface area contributed by atoms with Gasteiger partial charge >= 0.3 is 0 Å². The molecule has 132 valence electrons. The van der Waals surface area contributed by atoms with Crippen LogP contribution >= 0.6 is 0 Å². The van der Waals surface area contributed by atoms with Crippen molar-refractivity contribution in [3.8, 4) is 5.75 Å². The Balaban J connectivity index is 1.44. The molecule has 0 bridgehead atoms. The number of hydrogen-bond donors (Lipinski definition) is 1. The molecule has 1 N–H and O–H groups in total.